The second-order valence-electron chi connectivity index (χ2n) is 7.94. The topological polar surface area (TPSA) is 49.9 Å². The Morgan fingerprint density at radius 3 is 2.74 bits per heavy atom. The van der Waals surface area contributed by atoms with Crippen molar-refractivity contribution in [1.82, 2.24) is 9.80 Å². The fourth-order valence-corrected chi connectivity index (χ4v) is 4.86. The number of benzene rings is 1. The number of morpholine rings is 1. The summed E-state index contributed by atoms with van der Waals surface area (Å²) < 4.78 is 5.87. The fraction of sp³-hybridized carbons (Fsp3) is 0.619. The number of hydrogen-bond acceptors (Lipinski definition) is 3. The molecule has 4 rings (SSSR count). The summed E-state index contributed by atoms with van der Waals surface area (Å²) in [6, 6.07) is 7.95. The molecular formula is C21H27ClN2O3. The number of ether oxygens (including phenoxy) is 1. The zero-order valence-electron chi connectivity index (χ0n) is 15.6. The van der Waals surface area contributed by atoms with Gasteiger partial charge in [-0.2, -0.15) is 0 Å². The van der Waals surface area contributed by atoms with Crippen LogP contribution >= 0.6 is 11.6 Å². The van der Waals surface area contributed by atoms with E-state index in [0.29, 0.717) is 43.7 Å². The van der Waals surface area contributed by atoms with E-state index in [0.717, 1.165) is 18.4 Å². The van der Waals surface area contributed by atoms with Crippen molar-refractivity contribution in [3.05, 3.63) is 34.9 Å². The maximum absolute atomic E-state index is 13.1. The molecular weight excluding hydrogens is 364 g/mol. The van der Waals surface area contributed by atoms with Crippen LogP contribution in [-0.2, 0) is 14.3 Å². The molecule has 2 heterocycles. The summed E-state index contributed by atoms with van der Waals surface area (Å²) in [5.41, 5.74) is 0.992. The summed E-state index contributed by atoms with van der Waals surface area (Å²) in [6.45, 7) is 2.20. The molecule has 1 saturated carbocycles. The van der Waals surface area contributed by atoms with E-state index < -0.39 is 0 Å². The number of amides is 2. The van der Waals surface area contributed by atoms with Crippen LogP contribution in [-0.4, -0.2) is 53.9 Å². The van der Waals surface area contributed by atoms with Crippen LogP contribution < -0.4 is 0 Å². The molecule has 3 aliphatic rings. The number of carbonyl (C=O) groups excluding carboxylic acids is 2. The molecule has 0 spiro atoms. The largest absolute Gasteiger partial charge is 0.370 e. The summed E-state index contributed by atoms with van der Waals surface area (Å²) in [5.74, 6) is 0.0365. The first kappa shape index (κ1) is 18.8. The van der Waals surface area contributed by atoms with Gasteiger partial charge in [-0.15, -0.1) is 0 Å². The Morgan fingerprint density at radius 2 is 1.96 bits per heavy atom. The SMILES string of the molecule is O=C(C1CC(=O)N(C2CCCCC2)C1)N1CCOC(c2cccc(Cl)c2)C1. The van der Waals surface area contributed by atoms with Gasteiger partial charge >= 0.3 is 0 Å². The molecule has 2 atom stereocenters. The zero-order valence-corrected chi connectivity index (χ0v) is 16.4. The third-order valence-corrected chi connectivity index (χ3v) is 6.36. The average molecular weight is 391 g/mol. The van der Waals surface area contributed by atoms with Crippen LogP contribution in [0.15, 0.2) is 24.3 Å². The van der Waals surface area contributed by atoms with Crippen LogP contribution in [0.25, 0.3) is 0 Å². The fourth-order valence-electron chi connectivity index (χ4n) is 4.66. The van der Waals surface area contributed by atoms with Gasteiger partial charge in [-0.3, -0.25) is 9.59 Å². The first-order chi connectivity index (χ1) is 13.1. The number of likely N-dealkylation sites (tertiary alicyclic amines) is 1. The van der Waals surface area contributed by atoms with Crippen molar-refractivity contribution in [1.29, 1.82) is 0 Å². The lowest BCUT2D eigenvalue weighted by molar-refractivity contribution is -0.143. The molecule has 2 saturated heterocycles. The number of halogens is 1. The van der Waals surface area contributed by atoms with E-state index in [1.165, 1.54) is 19.3 Å². The Balaban J connectivity index is 1.39. The van der Waals surface area contributed by atoms with E-state index in [1.54, 1.807) is 0 Å². The van der Waals surface area contributed by atoms with E-state index in [-0.39, 0.29) is 23.8 Å². The van der Waals surface area contributed by atoms with Crippen LogP contribution in [0, 0.1) is 5.92 Å². The van der Waals surface area contributed by atoms with E-state index in [9.17, 15) is 9.59 Å². The minimum atomic E-state index is -0.211. The highest BCUT2D eigenvalue weighted by molar-refractivity contribution is 6.30. The Bertz CT molecular complexity index is 704. The number of rotatable bonds is 3. The summed E-state index contributed by atoms with van der Waals surface area (Å²) in [6.07, 6.45) is 6.01. The number of carbonyl (C=O) groups is 2. The smallest absolute Gasteiger partial charge is 0.228 e. The number of hydrogen-bond donors (Lipinski definition) is 0. The van der Waals surface area contributed by atoms with Crippen LogP contribution in [0.5, 0.6) is 0 Å². The van der Waals surface area contributed by atoms with Gasteiger partial charge < -0.3 is 14.5 Å². The second-order valence-corrected chi connectivity index (χ2v) is 8.37. The van der Waals surface area contributed by atoms with E-state index >= 15 is 0 Å². The quantitative estimate of drug-likeness (QED) is 0.794. The molecule has 1 aromatic rings. The third-order valence-electron chi connectivity index (χ3n) is 6.12. The minimum absolute atomic E-state index is 0.0944. The Hall–Kier alpha value is -1.59. The molecule has 5 nitrogen and oxygen atoms in total. The van der Waals surface area contributed by atoms with Crippen LogP contribution in [0.2, 0.25) is 5.02 Å². The lowest BCUT2D eigenvalue weighted by Crippen LogP contribution is -2.46. The van der Waals surface area contributed by atoms with Crippen LogP contribution in [0.3, 0.4) is 0 Å². The molecule has 146 valence electrons. The maximum atomic E-state index is 13.1. The Labute approximate surface area is 165 Å². The first-order valence-corrected chi connectivity index (χ1v) is 10.4. The highest BCUT2D eigenvalue weighted by Crippen LogP contribution is 2.31. The third kappa shape index (κ3) is 4.14. The van der Waals surface area contributed by atoms with Gasteiger partial charge in [0, 0.05) is 30.6 Å². The molecule has 1 aromatic carbocycles. The molecule has 27 heavy (non-hydrogen) atoms. The molecule has 6 heteroatoms. The van der Waals surface area contributed by atoms with Gasteiger partial charge in [0.2, 0.25) is 11.8 Å². The molecule has 2 aliphatic heterocycles. The standard InChI is InChI=1S/C21H27ClN2O3/c22-17-6-4-5-15(11-17)19-14-23(9-10-27-19)21(26)16-12-20(25)24(13-16)18-7-2-1-3-8-18/h4-6,11,16,18-19H,1-3,7-10,12-14H2. The summed E-state index contributed by atoms with van der Waals surface area (Å²) >= 11 is 6.09. The van der Waals surface area contributed by atoms with Gasteiger partial charge in [-0.25, -0.2) is 0 Å². The maximum Gasteiger partial charge on any atom is 0.228 e. The van der Waals surface area contributed by atoms with Gasteiger partial charge in [0.15, 0.2) is 0 Å². The van der Waals surface area contributed by atoms with Crippen molar-refractivity contribution in [3.8, 4) is 0 Å². The zero-order chi connectivity index (χ0) is 18.8. The first-order valence-electron chi connectivity index (χ1n) is 10.1. The highest BCUT2D eigenvalue weighted by atomic mass is 35.5. The molecule has 2 amide bonds. The van der Waals surface area contributed by atoms with Gasteiger partial charge in [0.05, 0.1) is 19.1 Å². The van der Waals surface area contributed by atoms with Crippen molar-refractivity contribution in [2.24, 2.45) is 5.92 Å². The van der Waals surface area contributed by atoms with Crippen molar-refractivity contribution in [2.75, 3.05) is 26.2 Å². The lowest BCUT2D eigenvalue weighted by Gasteiger charge is -2.35. The van der Waals surface area contributed by atoms with Gasteiger partial charge in [-0.1, -0.05) is 43.0 Å². The summed E-state index contributed by atoms with van der Waals surface area (Å²) in [5, 5.41) is 0.670. The van der Waals surface area contributed by atoms with Crippen molar-refractivity contribution in [2.45, 2.75) is 50.7 Å². The van der Waals surface area contributed by atoms with Gasteiger partial charge in [0.1, 0.15) is 6.10 Å². The summed E-state index contributed by atoms with van der Waals surface area (Å²) in [7, 11) is 0. The summed E-state index contributed by atoms with van der Waals surface area (Å²) in [4.78, 5) is 29.4. The predicted octanol–water partition coefficient (Wildman–Crippen LogP) is 3.42. The molecule has 2 unspecified atom stereocenters. The van der Waals surface area contributed by atoms with E-state index in [4.69, 9.17) is 16.3 Å². The van der Waals surface area contributed by atoms with Gasteiger partial charge in [0.25, 0.3) is 0 Å². The average Bonchev–Trinajstić information content (AvgIpc) is 3.10. The molecule has 0 aromatic heterocycles. The van der Waals surface area contributed by atoms with E-state index in [1.807, 2.05) is 34.1 Å². The second kappa shape index (κ2) is 8.19. The molecule has 0 bridgehead atoms. The molecule has 0 N–H and O–H groups in total. The Morgan fingerprint density at radius 1 is 1.15 bits per heavy atom. The van der Waals surface area contributed by atoms with Crippen LogP contribution in [0.4, 0.5) is 0 Å². The molecule has 3 fully saturated rings. The predicted molar refractivity (Wildman–Crippen MR) is 103 cm³/mol. The lowest BCUT2D eigenvalue weighted by atomic mass is 9.94. The molecule has 0 radical (unpaired) electrons. The van der Waals surface area contributed by atoms with Crippen molar-refractivity contribution < 1.29 is 14.3 Å². The molecule has 1 aliphatic carbocycles. The minimum Gasteiger partial charge on any atom is -0.370 e. The highest BCUT2D eigenvalue weighted by Gasteiger charge is 2.40. The van der Waals surface area contributed by atoms with E-state index in [2.05, 4.69) is 0 Å². The van der Waals surface area contributed by atoms with Crippen molar-refractivity contribution in [3.63, 3.8) is 0 Å². The van der Waals surface area contributed by atoms with Crippen LogP contribution in [0.1, 0.15) is 50.2 Å². The monoisotopic (exact) mass is 390 g/mol. The Kier molecular flexibility index (Phi) is 5.69. The number of nitrogens with zero attached hydrogens (tertiary/aromatic N) is 2. The normalized spacial score (nSPS) is 27.2. The van der Waals surface area contributed by atoms with Crippen molar-refractivity contribution >= 4 is 23.4 Å². The van der Waals surface area contributed by atoms with Gasteiger partial charge in [-0.05, 0) is 30.5 Å².